The first-order valence-corrected chi connectivity index (χ1v) is 8.47. The van der Waals surface area contributed by atoms with Gasteiger partial charge in [-0.3, -0.25) is 4.98 Å². The van der Waals surface area contributed by atoms with E-state index in [-0.39, 0.29) is 0 Å². The van der Waals surface area contributed by atoms with Gasteiger partial charge >= 0.3 is 0 Å². The van der Waals surface area contributed by atoms with Crippen LogP contribution < -0.4 is 0 Å². The number of pyridine rings is 1. The maximum atomic E-state index is 4.94. The van der Waals surface area contributed by atoms with Gasteiger partial charge in [0.1, 0.15) is 5.82 Å². The molecule has 21 heavy (non-hydrogen) atoms. The van der Waals surface area contributed by atoms with Gasteiger partial charge in [0.05, 0.1) is 11.0 Å². The molecule has 2 aromatic heterocycles. The fourth-order valence-corrected chi connectivity index (χ4v) is 3.37. The molecule has 1 aliphatic rings. The second-order valence-electron chi connectivity index (χ2n) is 5.60. The van der Waals surface area contributed by atoms with Crippen molar-refractivity contribution in [2.24, 2.45) is 0 Å². The van der Waals surface area contributed by atoms with Crippen molar-refractivity contribution in [1.82, 2.24) is 14.5 Å². The first kappa shape index (κ1) is 12.9. The highest BCUT2D eigenvalue weighted by Crippen LogP contribution is 2.42. The van der Waals surface area contributed by atoms with E-state index in [4.69, 9.17) is 4.98 Å². The normalized spacial score (nSPS) is 14.8. The lowest BCUT2D eigenvalue weighted by molar-refractivity contribution is 0.773. The lowest BCUT2D eigenvalue weighted by Gasteiger charge is -2.10. The molecule has 0 atom stereocenters. The Balaban J connectivity index is 2.01. The summed E-state index contributed by atoms with van der Waals surface area (Å²) in [6.45, 7) is 2.12. The summed E-state index contributed by atoms with van der Waals surface area (Å²) in [6.07, 6.45) is 8.39. The van der Waals surface area contributed by atoms with Crippen molar-refractivity contribution >= 4 is 22.8 Å². The highest BCUT2D eigenvalue weighted by Gasteiger charge is 2.29. The fourth-order valence-electron chi connectivity index (χ4n) is 2.83. The molecular weight excluding hydrogens is 278 g/mol. The summed E-state index contributed by atoms with van der Waals surface area (Å²) in [5.74, 6) is 1.09. The van der Waals surface area contributed by atoms with Crippen molar-refractivity contribution in [2.75, 3.05) is 6.26 Å². The van der Waals surface area contributed by atoms with Crippen LogP contribution in [0.4, 0.5) is 0 Å². The van der Waals surface area contributed by atoms with E-state index >= 15 is 0 Å². The predicted molar refractivity (Wildman–Crippen MR) is 87.8 cm³/mol. The molecular formula is C17H17N3S. The maximum Gasteiger partial charge on any atom is 0.142 e. The standard InChI is InChI=1S/C17H17N3S/c1-11-3-6-15-14(9-11)19-17(20(15)12-4-5-12)13-7-8-18-10-16(13)21-2/h3,6-10,12H,4-5H2,1-2H3. The van der Waals surface area contributed by atoms with Gasteiger partial charge in [0.25, 0.3) is 0 Å². The molecule has 1 fully saturated rings. The van der Waals surface area contributed by atoms with Crippen LogP contribution in [0, 0.1) is 6.92 Å². The summed E-state index contributed by atoms with van der Waals surface area (Å²) in [4.78, 5) is 10.4. The lowest BCUT2D eigenvalue weighted by Crippen LogP contribution is -1.98. The van der Waals surface area contributed by atoms with Crippen LogP contribution in [0.1, 0.15) is 24.4 Å². The van der Waals surface area contributed by atoms with Crippen LogP contribution in [0.15, 0.2) is 41.6 Å². The summed E-state index contributed by atoms with van der Waals surface area (Å²) < 4.78 is 2.42. The van der Waals surface area contributed by atoms with Crippen LogP contribution in [-0.4, -0.2) is 20.8 Å². The number of aromatic nitrogens is 3. The van der Waals surface area contributed by atoms with Crippen LogP contribution >= 0.6 is 11.8 Å². The zero-order valence-corrected chi connectivity index (χ0v) is 13.0. The van der Waals surface area contributed by atoms with E-state index in [1.807, 2.05) is 12.4 Å². The molecule has 3 nitrogen and oxygen atoms in total. The van der Waals surface area contributed by atoms with Crippen molar-refractivity contribution in [1.29, 1.82) is 0 Å². The topological polar surface area (TPSA) is 30.7 Å². The zero-order valence-electron chi connectivity index (χ0n) is 12.2. The van der Waals surface area contributed by atoms with Gasteiger partial charge in [0.2, 0.25) is 0 Å². The van der Waals surface area contributed by atoms with E-state index < -0.39 is 0 Å². The van der Waals surface area contributed by atoms with Gasteiger partial charge in [-0.2, -0.15) is 0 Å². The average Bonchev–Trinajstić information content (AvgIpc) is 3.27. The Morgan fingerprint density at radius 3 is 2.86 bits per heavy atom. The molecule has 0 bridgehead atoms. The van der Waals surface area contributed by atoms with E-state index in [1.165, 1.54) is 34.4 Å². The Morgan fingerprint density at radius 1 is 1.24 bits per heavy atom. The smallest absolute Gasteiger partial charge is 0.142 e. The molecule has 0 unspecified atom stereocenters. The van der Waals surface area contributed by atoms with Crippen LogP contribution in [0.25, 0.3) is 22.4 Å². The Kier molecular flexibility index (Phi) is 3.00. The van der Waals surface area contributed by atoms with Crippen LogP contribution in [0.2, 0.25) is 0 Å². The molecule has 0 spiro atoms. The second-order valence-corrected chi connectivity index (χ2v) is 6.45. The molecule has 4 rings (SSSR count). The monoisotopic (exact) mass is 295 g/mol. The second kappa shape index (κ2) is 4.88. The Bertz CT molecular complexity index is 818. The highest BCUT2D eigenvalue weighted by atomic mass is 32.2. The Morgan fingerprint density at radius 2 is 2.10 bits per heavy atom. The van der Waals surface area contributed by atoms with Crippen LogP contribution in [-0.2, 0) is 0 Å². The van der Waals surface area contributed by atoms with E-state index in [0.29, 0.717) is 6.04 Å². The minimum absolute atomic E-state index is 0.607. The van der Waals surface area contributed by atoms with Crippen LogP contribution in [0.5, 0.6) is 0 Å². The number of nitrogens with zero attached hydrogens (tertiary/aromatic N) is 3. The van der Waals surface area contributed by atoms with Crippen LogP contribution in [0.3, 0.4) is 0 Å². The SMILES string of the molecule is CSc1cnccc1-c1nc2cc(C)ccc2n1C1CC1. The summed E-state index contributed by atoms with van der Waals surface area (Å²) in [5, 5.41) is 0. The number of benzene rings is 1. The third-order valence-corrected chi connectivity index (χ3v) is 4.77. The lowest BCUT2D eigenvalue weighted by atomic mass is 10.2. The highest BCUT2D eigenvalue weighted by molar-refractivity contribution is 7.98. The van der Waals surface area contributed by atoms with E-state index in [0.717, 1.165) is 11.3 Å². The van der Waals surface area contributed by atoms with Crippen molar-refractivity contribution in [3.63, 3.8) is 0 Å². The Hall–Kier alpha value is -1.81. The number of imidazole rings is 1. The summed E-state index contributed by atoms with van der Waals surface area (Å²) in [7, 11) is 0. The molecule has 0 saturated heterocycles. The average molecular weight is 295 g/mol. The van der Waals surface area contributed by atoms with Crippen molar-refractivity contribution < 1.29 is 0 Å². The largest absolute Gasteiger partial charge is 0.321 e. The van der Waals surface area contributed by atoms with Gasteiger partial charge in [-0.25, -0.2) is 4.98 Å². The molecule has 3 aromatic rings. The molecule has 1 saturated carbocycles. The van der Waals surface area contributed by atoms with E-state index in [9.17, 15) is 0 Å². The number of hydrogen-bond acceptors (Lipinski definition) is 3. The Labute approximate surface area is 128 Å². The summed E-state index contributed by atoms with van der Waals surface area (Å²) >= 11 is 1.73. The minimum Gasteiger partial charge on any atom is -0.321 e. The third kappa shape index (κ3) is 2.14. The van der Waals surface area contributed by atoms with Gasteiger partial charge in [0.15, 0.2) is 0 Å². The maximum absolute atomic E-state index is 4.94. The molecule has 4 heteroatoms. The van der Waals surface area contributed by atoms with E-state index in [1.54, 1.807) is 11.8 Å². The number of hydrogen-bond donors (Lipinski definition) is 0. The molecule has 0 aliphatic heterocycles. The van der Waals surface area contributed by atoms with Gasteiger partial charge in [-0.15, -0.1) is 11.8 Å². The summed E-state index contributed by atoms with van der Waals surface area (Å²) in [6, 6.07) is 9.25. The fraction of sp³-hybridized carbons (Fsp3) is 0.294. The van der Waals surface area contributed by atoms with Gasteiger partial charge in [-0.05, 0) is 49.8 Å². The zero-order chi connectivity index (χ0) is 14.4. The summed E-state index contributed by atoms with van der Waals surface area (Å²) in [5.41, 5.74) is 4.80. The number of aryl methyl sites for hydroxylation is 1. The van der Waals surface area contributed by atoms with Crippen molar-refractivity contribution in [3.05, 3.63) is 42.2 Å². The minimum atomic E-state index is 0.607. The van der Waals surface area contributed by atoms with Crippen molar-refractivity contribution in [3.8, 4) is 11.4 Å². The number of fused-ring (bicyclic) bond motifs is 1. The molecule has 0 amide bonds. The molecule has 1 aromatic carbocycles. The number of thioether (sulfide) groups is 1. The molecule has 1 aliphatic carbocycles. The van der Waals surface area contributed by atoms with Crippen molar-refractivity contribution in [2.45, 2.75) is 30.7 Å². The predicted octanol–water partition coefficient (Wildman–Crippen LogP) is 4.46. The molecule has 0 N–H and O–H groups in total. The molecule has 0 radical (unpaired) electrons. The first-order valence-electron chi connectivity index (χ1n) is 7.25. The van der Waals surface area contributed by atoms with Gasteiger partial charge in [0, 0.05) is 28.9 Å². The first-order chi connectivity index (χ1) is 10.3. The molecule has 2 heterocycles. The van der Waals surface area contributed by atoms with Gasteiger partial charge in [-0.1, -0.05) is 6.07 Å². The van der Waals surface area contributed by atoms with E-state index in [2.05, 4.69) is 47.0 Å². The quantitative estimate of drug-likeness (QED) is 0.668. The third-order valence-electron chi connectivity index (χ3n) is 4.00. The number of rotatable bonds is 3. The molecule has 106 valence electrons. The van der Waals surface area contributed by atoms with Gasteiger partial charge < -0.3 is 4.57 Å².